The lowest BCUT2D eigenvalue weighted by Gasteiger charge is -2.35. The normalized spacial score (nSPS) is 18.9. The molecule has 2 heterocycles. The number of fused-ring (bicyclic) bond motifs is 2. The number of aliphatic hydroxyl groups is 1. The summed E-state index contributed by atoms with van der Waals surface area (Å²) in [4.78, 5) is 21.6. The zero-order chi connectivity index (χ0) is 18.6. The van der Waals surface area contributed by atoms with E-state index in [0.717, 1.165) is 5.52 Å². The monoisotopic (exact) mass is 374 g/mol. The quantitative estimate of drug-likeness (QED) is 0.559. The second kappa shape index (κ2) is 5.67. The van der Waals surface area contributed by atoms with Gasteiger partial charge < -0.3 is 10.1 Å². The Labute approximate surface area is 159 Å². The zero-order valence-electron chi connectivity index (χ0n) is 14.0. The van der Waals surface area contributed by atoms with E-state index in [9.17, 15) is 9.90 Å². The average Bonchev–Trinajstić information content (AvgIpc) is 3.23. The van der Waals surface area contributed by atoms with Crippen LogP contribution in [0.25, 0.3) is 11.0 Å². The summed E-state index contributed by atoms with van der Waals surface area (Å²) < 4.78 is 0. The minimum atomic E-state index is -1.68. The first-order valence-corrected chi connectivity index (χ1v) is 8.75. The van der Waals surface area contributed by atoms with Crippen molar-refractivity contribution in [3.8, 4) is 0 Å². The molecule has 1 unspecified atom stereocenters. The van der Waals surface area contributed by atoms with E-state index >= 15 is 0 Å². The summed E-state index contributed by atoms with van der Waals surface area (Å²) in [5.74, 6) is -0.288. The summed E-state index contributed by atoms with van der Waals surface area (Å²) in [6.45, 7) is 0. The largest absolute Gasteiger partial charge is 0.363 e. The van der Waals surface area contributed by atoms with E-state index in [1.54, 1.807) is 60.7 Å². The maximum atomic E-state index is 13.2. The molecule has 1 atom stereocenters. The number of amides is 1. The van der Waals surface area contributed by atoms with Crippen molar-refractivity contribution in [1.29, 1.82) is 0 Å². The second-order valence-corrected chi connectivity index (χ2v) is 6.86. The number of rotatable bonds is 2. The summed E-state index contributed by atoms with van der Waals surface area (Å²) in [7, 11) is 0. The van der Waals surface area contributed by atoms with Gasteiger partial charge in [0.2, 0.25) is 0 Å². The van der Waals surface area contributed by atoms with Gasteiger partial charge in [-0.1, -0.05) is 41.9 Å². The van der Waals surface area contributed by atoms with Crippen LogP contribution in [0.4, 0.5) is 5.69 Å². The molecule has 0 spiro atoms. The second-order valence-electron chi connectivity index (χ2n) is 6.42. The third-order valence-corrected chi connectivity index (χ3v) is 5.13. The Morgan fingerprint density at radius 2 is 1.93 bits per heavy atom. The Morgan fingerprint density at radius 3 is 2.78 bits per heavy atom. The summed E-state index contributed by atoms with van der Waals surface area (Å²) in [6.07, 6.45) is 2.69. The van der Waals surface area contributed by atoms with Gasteiger partial charge >= 0.3 is 0 Å². The first-order chi connectivity index (χ1) is 13.1. The summed E-state index contributed by atoms with van der Waals surface area (Å²) in [6, 6.07) is 19.3. The van der Waals surface area contributed by atoms with Crippen LogP contribution in [0.3, 0.4) is 0 Å². The molecule has 1 amide bonds. The number of aromatic amines is 1. The minimum Gasteiger partial charge on any atom is -0.363 e. The lowest BCUT2D eigenvalue weighted by atomic mass is 9.93. The number of nitrogens with one attached hydrogen (secondary N) is 1. The van der Waals surface area contributed by atoms with Gasteiger partial charge in [-0.2, -0.15) is 0 Å². The number of nitrogens with zero attached hydrogens (tertiary/aromatic N) is 2. The number of anilines is 1. The predicted octanol–water partition coefficient (Wildman–Crippen LogP) is 3.87. The van der Waals surface area contributed by atoms with Crippen molar-refractivity contribution in [3.05, 3.63) is 94.8 Å². The average molecular weight is 375 g/mol. The Hall–Kier alpha value is -3.15. The number of hydrogen-bond acceptors (Lipinski definition) is 3. The van der Waals surface area contributed by atoms with Crippen LogP contribution in [0.15, 0.2) is 66.7 Å². The molecule has 5 rings (SSSR count). The van der Waals surface area contributed by atoms with Crippen molar-refractivity contribution < 1.29 is 9.90 Å². The molecule has 3 aromatic carbocycles. The molecule has 5 nitrogen and oxygen atoms in total. The van der Waals surface area contributed by atoms with Crippen LogP contribution in [0.5, 0.6) is 0 Å². The third-order valence-electron chi connectivity index (χ3n) is 4.89. The van der Waals surface area contributed by atoms with E-state index in [-0.39, 0.29) is 5.91 Å². The maximum Gasteiger partial charge on any atom is 0.261 e. The molecule has 6 heteroatoms. The summed E-state index contributed by atoms with van der Waals surface area (Å²) in [5, 5.41) is 12.4. The molecule has 2 N–H and O–H groups in total. The van der Waals surface area contributed by atoms with E-state index in [0.29, 0.717) is 32.9 Å². The van der Waals surface area contributed by atoms with E-state index in [4.69, 9.17) is 11.6 Å². The van der Waals surface area contributed by atoms with Crippen molar-refractivity contribution in [1.82, 2.24) is 9.97 Å². The maximum absolute atomic E-state index is 13.2. The van der Waals surface area contributed by atoms with Crippen LogP contribution in [0, 0.1) is 6.33 Å². The lowest BCUT2D eigenvalue weighted by Crippen LogP contribution is -2.45. The van der Waals surface area contributed by atoms with Gasteiger partial charge in [-0.15, -0.1) is 0 Å². The Kier molecular flexibility index (Phi) is 3.37. The molecular weight excluding hydrogens is 362 g/mol. The fourth-order valence-corrected chi connectivity index (χ4v) is 3.84. The highest BCUT2D eigenvalue weighted by Crippen LogP contribution is 2.45. The van der Waals surface area contributed by atoms with E-state index in [1.807, 2.05) is 6.07 Å². The van der Waals surface area contributed by atoms with E-state index < -0.39 is 5.72 Å². The first-order valence-electron chi connectivity index (χ1n) is 8.37. The van der Waals surface area contributed by atoms with Crippen LogP contribution < -0.4 is 4.90 Å². The van der Waals surface area contributed by atoms with Crippen molar-refractivity contribution in [2.45, 2.75) is 5.72 Å². The van der Waals surface area contributed by atoms with Gasteiger partial charge in [0.1, 0.15) is 0 Å². The molecule has 1 aliphatic rings. The smallest absolute Gasteiger partial charge is 0.261 e. The number of H-pyrrole nitrogens is 1. The molecule has 0 fully saturated rings. The molecule has 4 aromatic rings. The molecule has 1 aromatic heterocycles. The van der Waals surface area contributed by atoms with E-state index in [2.05, 4.69) is 16.3 Å². The number of halogens is 1. The number of aromatic nitrogens is 2. The molecule has 1 aliphatic heterocycles. The topological polar surface area (TPSA) is 69.2 Å². The highest BCUT2D eigenvalue weighted by atomic mass is 35.5. The molecule has 27 heavy (non-hydrogen) atoms. The summed E-state index contributed by atoms with van der Waals surface area (Å²) in [5.41, 5.74) is 1.81. The molecule has 0 saturated carbocycles. The zero-order valence-corrected chi connectivity index (χ0v) is 14.7. The van der Waals surface area contributed by atoms with Crippen molar-refractivity contribution >= 4 is 34.2 Å². The van der Waals surface area contributed by atoms with Crippen LogP contribution in [0.1, 0.15) is 21.5 Å². The SMILES string of the molecule is O=C1c2ccccc2C(O)(c2ccc3[nH][c]nc3c2)N1c1cccc(Cl)c1. The number of hydrogen-bond donors (Lipinski definition) is 2. The Bertz CT molecular complexity index is 1200. The number of imidazole rings is 1. The van der Waals surface area contributed by atoms with Gasteiger partial charge in [-0.3, -0.25) is 9.69 Å². The van der Waals surface area contributed by atoms with Gasteiger partial charge in [0.25, 0.3) is 5.91 Å². The molecule has 131 valence electrons. The molecule has 0 saturated heterocycles. The molecule has 0 bridgehead atoms. The first kappa shape index (κ1) is 16.1. The standard InChI is InChI=1S/C21H13ClN3O2/c22-14-4-3-5-15(11-14)25-20(26)16-6-1-2-7-17(16)21(25,27)13-8-9-18-19(10-13)24-12-23-18/h1-11,27H,(H,23,24). The fourth-order valence-electron chi connectivity index (χ4n) is 3.66. The lowest BCUT2D eigenvalue weighted by molar-refractivity contribution is 0.0704. The van der Waals surface area contributed by atoms with Crippen molar-refractivity contribution in [3.63, 3.8) is 0 Å². The van der Waals surface area contributed by atoms with Gasteiger partial charge in [-0.05, 0) is 36.4 Å². The highest BCUT2D eigenvalue weighted by Gasteiger charge is 2.50. The molecule has 0 aliphatic carbocycles. The number of benzene rings is 3. The van der Waals surface area contributed by atoms with Crippen LogP contribution in [0.2, 0.25) is 5.02 Å². The van der Waals surface area contributed by atoms with Gasteiger partial charge in [0.05, 0.1) is 11.0 Å². The van der Waals surface area contributed by atoms with Crippen molar-refractivity contribution in [2.75, 3.05) is 4.90 Å². The fraction of sp³-hybridized carbons (Fsp3) is 0.0476. The summed E-state index contributed by atoms with van der Waals surface area (Å²) >= 11 is 6.15. The molecule has 1 radical (unpaired) electrons. The third kappa shape index (κ3) is 2.22. The van der Waals surface area contributed by atoms with Gasteiger partial charge in [0, 0.05) is 27.4 Å². The van der Waals surface area contributed by atoms with Crippen LogP contribution in [-0.4, -0.2) is 21.0 Å². The Morgan fingerprint density at radius 1 is 1.07 bits per heavy atom. The van der Waals surface area contributed by atoms with E-state index in [1.165, 1.54) is 4.90 Å². The van der Waals surface area contributed by atoms with Gasteiger partial charge in [0.15, 0.2) is 12.1 Å². The highest BCUT2D eigenvalue weighted by molar-refractivity contribution is 6.31. The van der Waals surface area contributed by atoms with Crippen LogP contribution >= 0.6 is 11.6 Å². The van der Waals surface area contributed by atoms with Gasteiger partial charge in [-0.25, -0.2) is 4.98 Å². The predicted molar refractivity (Wildman–Crippen MR) is 103 cm³/mol. The molecular formula is C21H13ClN3O2. The van der Waals surface area contributed by atoms with Crippen molar-refractivity contribution in [2.24, 2.45) is 0 Å². The number of carbonyl (C=O) groups excluding carboxylic acids is 1. The Balaban J connectivity index is 1.80. The van der Waals surface area contributed by atoms with Crippen LogP contribution in [-0.2, 0) is 5.72 Å². The minimum absolute atomic E-state index is 0.288. The number of carbonyl (C=O) groups is 1.